The molecule has 1 atom stereocenters. The molecule has 0 spiro atoms. The van der Waals surface area contributed by atoms with Crippen LogP contribution in [-0.2, 0) is 4.74 Å². The van der Waals surface area contributed by atoms with Crippen molar-refractivity contribution in [2.75, 3.05) is 32.8 Å². The van der Waals surface area contributed by atoms with Crippen LogP contribution in [0.3, 0.4) is 0 Å². The van der Waals surface area contributed by atoms with Gasteiger partial charge >= 0.3 is 0 Å². The van der Waals surface area contributed by atoms with Crippen LogP contribution in [0.25, 0.3) is 5.76 Å². The van der Waals surface area contributed by atoms with Gasteiger partial charge in [-0.15, -0.1) is 0 Å². The Morgan fingerprint density at radius 2 is 1.53 bits per heavy atom. The highest BCUT2D eigenvalue weighted by atomic mass is 35.5. The Morgan fingerprint density at radius 3 is 2.24 bits per heavy atom. The average Bonchev–Trinajstić information content (AvgIpc) is 2.99. The lowest BCUT2D eigenvalue weighted by Gasteiger charge is -2.27. The fourth-order valence-corrected chi connectivity index (χ4v) is 4.95. The molecule has 2 aliphatic heterocycles. The second-order valence-electron chi connectivity index (χ2n) is 9.07. The SMILES string of the molecule is Cc1ccc(C2=C(Cl)/C(=C\CN3CCOCC3)C(c3ccc(C)cc3)c3ccccc3O2)cc1. The lowest BCUT2D eigenvalue weighted by molar-refractivity contribution is 0.0433. The van der Waals surface area contributed by atoms with Crippen LogP contribution in [0.15, 0.2) is 89.5 Å². The van der Waals surface area contributed by atoms with E-state index in [9.17, 15) is 0 Å². The van der Waals surface area contributed by atoms with Crippen molar-refractivity contribution in [2.24, 2.45) is 0 Å². The predicted molar refractivity (Wildman–Crippen MR) is 139 cm³/mol. The highest BCUT2D eigenvalue weighted by Crippen LogP contribution is 2.47. The summed E-state index contributed by atoms with van der Waals surface area (Å²) in [6, 6.07) is 25.4. The summed E-state index contributed by atoms with van der Waals surface area (Å²) in [6.07, 6.45) is 2.29. The molecule has 0 aliphatic carbocycles. The molecule has 1 saturated heterocycles. The molecule has 34 heavy (non-hydrogen) atoms. The number of morpholine rings is 1. The average molecular weight is 472 g/mol. The molecule has 1 fully saturated rings. The van der Waals surface area contributed by atoms with E-state index >= 15 is 0 Å². The largest absolute Gasteiger partial charge is 0.455 e. The van der Waals surface area contributed by atoms with E-state index in [-0.39, 0.29) is 5.92 Å². The van der Waals surface area contributed by atoms with Crippen molar-refractivity contribution in [3.05, 3.63) is 117 Å². The summed E-state index contributed by atoms with van der Waals surface area (Å²) in [4.78, 5) is 2.41. The van der Waals surface area contributed by atoms with Crippen LogP contribution in [0.5, 0.6) is 5.75 Å². The number of halogens is 1. The molecule has 0 aromatic heterocycles. The number of hydrogen-bond acceptors (Lipinski definition) is 3. The summed E-state index contributed by atoms with van der Waals surface area (Å²) >= 11 is 7.25. The Bertz CT molecular complexity index is 1210. The molecule has 3 aromatic carbocycles. The first-order valence-corrected chi connectivity index (χ1v) is 12.3. The van der Waals surface area contributed by atoms with Crippen molar-refractivity contribution in [3.63, 3.8) is 0 Å². The van der Waals surface area contributed by atoms with Gasteiger partial charge in [-0.25, -0.2) is 0 Å². The first-order chi connectivity index (χ1) is 16.6. The molecule has 2 aliphatic rings. The summed E-state index contributed by atoms with van der Waals surface area (Å²) in [5, 5.41) is 0.666. The standard InChI is InChI=1S/C30H30ClNO2/c1-21-7-11-23(12-8-21)28-25-5-3-4-6-27(25)34-30(24-13-9-22(2)10-14-24)29(31)26(28)15-16-32-17-19-33-20-18-32/h3-15,28H,16-20H2,1-2H3/b26-15-. The number of ether oxygens (including phenoxy) is 2. The monoisotopic (exact) mass is 471 g/mol. The van der Waals surface area contributed by atoms with E-state index in [0.717, 1.165) is 55.3 Å². The fourth-order valence-electron chi connectivity index (χ4n) is 4.62. The van der Waals surface area contributed by atoms with Gasteiger partial charge in [0.1, 0.15) is 5.75 Å². The number of hydrogen-bond donors (Lipinski definition) is 0. The van der Waals surface area contributed by atoms with E-state index in [0.29, 0.717) is 10.8 Å². The van der Waals surface area contributed by atoms with E-state index in [1.54, 1.807) is 0 Å². The number of allylic oxidation sites excluding steroid dienone is 2. The Labute approximate surface area is 207 Å². The molecule has 0 saturated carbocycles. The van der Waals surface area contributed by atoms with Crippen molar-refractivity contribution < 1.29 is 9.47 Å². The molecule has 0 N–H and O–H groups in total. The van der Waals surface area contributed by atoms with Crippen LogP contribution in [0.1, 0.15) is 33.7 Å². The zero-order chi connectivity index (χ0) is 23.5. The number of fused-ring (bicyclic) bond motifs is 1. The summed E-state index contributed by atoms with van der Waals surface area (Å²) in [7, 11) is 0. The van der Waals surface area contributed by atoms with Gasteiger partial charge in [-0.05, 0) is 31.1 Å². The predicted octanol–water partition coefficient (Wildman–Crippen LogP) is 6.69. The Hall–Kier alpha value is -2.85. The summed E-state index contributed by atoms with van der Waals surface area (Å²) < 4.78 is 12.1. The molecule has 1 unspecified atom stereocenters. The highest BCUT2D eigenvalue weighted by molar-refractivity contribution is 6.35. The maximum absolute atomic E-state index is 7.25. The third-order valence-corrected chi connectivity index (χ3v) is 6.99. The number of benzene rings is 3. The Morgan fingerprint density at radius 1 is 0.882 bits per heavy atom. The van der Waals surface area contributed by atoms with Gasteiger partial charge in [-0.3, -0.25) is 4.90 Å². The second-order valence-corrected chi connectivity index (χ2v) is 9.44. The van der Waals surface area contributed by atoms with Gasteiger partial charge in [0, 0.05) is 36.7 Å². The third kappa shape index (κ3) is 4.83. The fraction of sp³-hybridized carbons (Fsp3) is 0.267. The maximum atomic E-state index is 7.25. The van der Waals surface area contributed by atoms with Crippen LogP contribution in [0, 0.1) is 13.8 Å². The molecular formula is C30H30ClNO2. The zero-order valence-electron chi connectivity index (χ0n) is 19.8. The molecule has 0 bridgehead atoms. The smallest absolute Gasteiger partial charge is 0.153 e. The van der Waals surface area contributed by atoms with E-state index in [1.807, 2.05) is 12.1 Å². The van der Waals surface area contributed by atoms with Crippen molar-refractivity contribution in [1.29, 1.82) is 0 Å². The molecule has 174 valence electrons. The molecule has 5 rings (SSSR count). The van der Waals surface area contributed by atoms with Crippen molar-refractivity contribution in [1.82, 2.24) is 4.90 Å². The van der Waals surface area contributed by atoms with Crippen LogP contribution in [-0.4, -0.2) is 37.7 Å². The molecular weight excluding hydrogens is 442 g/mol. The van der Waals surface area contributed by atoms with Crippen molar-refractivity contribution in [3.8, 4) is 5.75 Å². The van der Waals surface area contributed by atoms with E-state index < -0.39 is 0 Å². The maximum Gasteiger partial charge on any atom is 0.153 e. The van der Waals surface area contributed by atoms with Gasteiger partial charge in [0.05, 0.1) is 18.2 Å². The second kappa shape index (κ2) is 10.2. The number of nitrogens with zero attached hydrogens (tertiary/aromatic N) is 1. The van der Waals surface area contributed by atoms with E-state index in [4.69, 9.17) is 21.1 Å². The van der Waals surface area contributed by atoms with Crippen LogP contribution >= 0.6 is 11.6 Å². The lowest BCUT2D eigenvalue weighted by Crippen LogP contribution is -2.36. The minimum absolute atomic E-state index is 0.0201. The van der Waals surface area contributed by atoms with Crippen molar-refractivity contribution in [2.45, 2.75) is 19.8 Å². The Balaban J connectivity index is 1.68. The summed E-state index contributed by atoms with van der Waals surface area (Å²) in [5.74, 6) is 1.53. The molecule has 3 nitrogen and oxygen atoms in total. The van der Waals surface area contributed by atoms with Gasteiger partial charge < -0.3 is 9.47 Å². The van der Waals surface area contributed by atoms with Gasteiger partial charge in [0.15, 0.2) is 5.76 Å². The van der Waals surface area contributed by atoms with Crippen LogP contribution in [0.2, 0.25) is 0 Å². The van der Waals surface area contributed by atoms with Crippen LogP contribution < -0.4 is 4.74 Å². The third-order valence-electron chi connectivity index (χ3n) is 6.60. The lowest BCUT2D eigenvalue weighted by atomic mass is 9.83. The van der Waals surface area contributed by atoms with Gasteiger partial charge in [0.25, 0.3) is 0 Å². The van der Waals surface area contributed by atoms with Gasteiger partial charge in [0.2, 0.25) is 0 Å². The highest BCUT2D eigenvalue weighted by Gasteiger charge is 2.31. The first kappa shape index (κ1) is 22.9. The molecule has 0 amide bonds. The number of aryl methyl sites for hydroxylation is 2. The first-order valence-electron chi connectivity index (χ1n) is 11.9. The van der Waals surface area contributed by atoms with Gasteiger partial charge in [-0.2, -0.15) is 0 Å². The molecule has 2 heterocycles. The van der Waals surface area contributed by atoms with E-state index in [2.05, 4.69) is 85.5 Å². The van der Waals surface area contributed by atoms with Crippen LogP contribution in [0.4, 0.5) is 0 Å². The number of para-hydroxylation sites is 1. The van der Waals surface area contributed by atoms with Crippen molar-refractivity contribution >= 4 is 17.4 Å². The topological polar surface area (TPSA) is 21.7 Å². The Kier molecular flexibility index (Phi) is 6.87. The zero-order valence-corrected chi connectivity index (χ0v) is 20.5. The molecule has 3 aromatic rings. The minimum atomic E-state index is -0.0201. The normalized spacial score (nSPS) is 20.1. The van der Waals surface area contributed by atoms with Gasteiger partial charge in [-0.1, -0.05) is 95.5 Å². The minimum Gasteiger partial charge on any atom is -0.455 e. The number of rotatable bonds is 4. The quantitative estimate of drug-likeness (QED) is 0.423. The molecule has 0 radical (unpaired) electrons. The molecule has 4 heteroatoms. The summed E-state index contributed by atoms with van der Waals surface area (Å²) in [6.45, 7) is 8.43. The summed E-state index contributed by atoms with van der Waals surface area (Å²) in [5.41, 5.74) is 6.83. The van der Waals surface area contributed by atoms with E-state index in [1.165, 1.54) is 16.7 Å².